The molecular formula is C16H22N2O3S. The Hall–Kier alpha value is -1.40. The number of anilines is 1. The highest BCUT2D eigenvalue weighted by molar-refractivity contribution is 7.89. The first-order valence-electron chi connectivity index (χ1n) is 7.81. The second-order valence-electron chi connectivity index (χ2n) is 6.49. The third-order valence-corrected chi connectivity index (χ3v) is 6.34. The van der Waals surface area contributed by atoms with Gasteiger partial charge in [-0.25, -0.2) is 13.1 Å². The van der Waals surface area contributed by atoms with Crippen LogP contribution >= 0.6 is 0 Å². The molecule has 22 heavy (non-hydrogen) atoms. The van der Waals surface area contributed by atoms with Crippen LogP contribution in [0.25, 0.3) is 0 Å². The zero-order valence-corrected chi connectivity index (χ0v) is 13.5. The highest BCUT2D eigenvalue weighted by atomic mass is 32.2. The van der Waals surface area contributed by atoms with E-state index in [1.54, 1.807) is 12.1 Å². The average Bonchev–Trinajstić information content (AvgIpc) is 3.08. The molecule has 0 aliphatic heterocycles. The molecule has 0 heterocycles. The van der Waals surface area contributed by atoms with Gasteiger partial charge in [0.05, 0.1) is 4.90 Å². The summed E-state index contributed by atoms with van der Waals surface area (Å²) < 4.78 is 27.4. The molecule has 0 unspecified atom stereocenters. The fourth-order valence-electron chi connectivity index (χ4n) is 3.85. The van der Waals surface area contributed by atoms with Crippen molar-refractivity contribution in [2.24, 2.45) is 17.8 Å². The van der Waals surface area contributed by atoms with E-state index in [4.69, 9.17) is 0 Å². The van der Waals surface area contributed by atoms with Gasteiger partial charge in [-0.1, -0.05) is 6.42 Å². The molecule has 6 heteroatoms. The maximum atomic E-state index is 12.3. The summed E-state index contributed by atoms with van der Waals surface area (Å²) in [5.74, 6) is 1.84. The van der Waals surface area contributed by atoms with Crippen LogP contribution in [0.1, 0.15) is 32.6 Å². The zero-order valence-electron chi connectivity index (χ0n) is 12.7. The summed E-state index contributed by atoms with van der Waals surface area (Å²) >= 11 is 0. The van der Waals surface area contributed by atoms with E-state index < -0.39 is 10.0 Å². The number of benzene rings is 1. The number of carbonyl (C=O) groups is 1. The zero-order chi connectivity index (χ0) is 15.7. The molecule has 3 atom stereocenters. The van der Waals surface area contributed by atoms with Gasteiger partial charge in [-0.2, -0.15) is 0 Å². The molecule has 1 aromatic rings. The molecule has 2 fully saturated rings. The first-order valence-corrected chi connectivity index (χ1v) is 9.29. The fourth-order valence-corrected chi connectivity index (χ4v) is 4.94. The third kappa shape index (κ3) is 3.33. The molecular weight excluding hydrogens is 300 g/mol. The molecule has 2 saturated carbocycles. The Kier molecular flexibility index (Phi) is 4.23. The second-order valence-corrected chi connectivity index (χ2v) is 8.26. The fraction of sp³-hybridized carbons (Fsp3) is 0.562. The number of fused-ring (bicyclic) bond motifs is 2. The number of amides is 1. The molecule has 2 N–H and O–H groups in total. The maximum Gasteiger partial charge on any atom is 0.240 e. The third-order valence-electron chi connectivity index (χ3n) is 4.91. The van der Waals surface area contributed by atoms with Gasteiger partial charge in [-0.3, -0.25) is 4.79 Å². The van der Waals surface area contributed by atoms with Crippen molar-refractivity contribution in [3.63, 3.8) is 0 Å². The van der Waals surface area contributed by atoms with Crippen molar-refractivity contribution in [2.45, 2.75) is 37.5 Å². The van der Waals surface area contributed by atoms with E-state index in [1.807, 2.05) is 0 Å². The lowest BCUT2D eigenvalue weighted by molar-refractivity contribution is -0.114. The average molecular weight is 322 g/mol. The number of carbonyl (C=O) groups excluding carboxylic acids is 1. The van der Waals surface area contributed by atoms with Crippen molar-refractivity contribution in [3.05, 3.63) is 24.3 Å². The van der Waals surface area contributed by atoms with Crippen molar-refractivity contribution in [1.29, 1.82) is 0 Å². The van der Waals surface area contributed by atoms with Gasteiger partial charge < -0.3 is 5.32 Å². The van der Waals surface area contributed by atoms with Crippen molar-refractivity contribution >= 4 is 21.6 Å². The van der Waals surface area contributed by atoms with Crippen LogP contribution < -0.4 is 10.0 Å². The smallest absolute Gasteiger partial charge is 0.240 e. The minimum atomic E-state index is -3.47. The van der Waals surface area contributed by atoms with Gasteiger partial charge in [0, 0.05) is 19.2 Å². The van der Waals surface area contributed by atoms with Crippen LogP contribution in [0.3, 0.4) is 0 Å². The first kappa shape index (κ1) is 15.5. The highest BCUT2D eigenvalue weighted by Crippen LogP contribution is 2.48. The predicted molar refractivity (Wildman–Crippen MR) is 84.9 cm³/mol. The van der Waals surface area contributed by atoms with Crippen molar-refractivity contribution < 1.29 is 13.2 Å². The van der Waals surface area contributed by atoms with Gasteiger partial charge >= 0.3 is 0 Å². The lowest BCUT2D eigenvalue weighted by Gasteiger charge is -2.21. The van der Waals surface area contributed by atoms with E-state index in [9.17, 15) is 13.2 Å². The monoisotopic (exact) mass is 322 g/mol. The Morgan fingerprint density at radius 2 is 1.91 bits per heavy atom. The highest BCUT2D eigenvalue weighted by Gasteiger charge is 2.39. The van der Waals surface area contributed by atoms with E-state index in [-0.39, 0.29) is 10.8 Å². The van der Waals surface area contributed by atoms with Gasteiger partial charge in [0.1, 0.15) is 0 Å². The van der Waals surface area contributed by atoms with Gasteiger partial charge in [0.25, 0.3) is 0 Å². The van der Waals surface area contributed by atoms with Gasteiger partial charge in [-0.05, 0) is 61.3 Å². The summed E-state index contributed by atoms with van der Waals surface area (Å²) in [6.07, 6.45) is 5.01. The molecule has 2 bridgehead atoms. The van der Waals surface area contributed by atoms with E-state index >= 15 is 0 Å². The van der Waals surface area contributed by atoms with E-state index in [0.717, 1.165) is 12.3 Å². The summed E-state index contributed by atoms with van der Waals surface area (Å²) in [6.45, 7) is 1.96. The molecule has 1 amide bonds. The summed E-state index contributed by atoms with van der Waals surface area (Å²) in [5.41, 5.74) is 0.597. The number of hydrogen-bond donors (Lipinski definition) is 2. The van der Waals surface area contributed by atoms with Crippen LogP contribution in [0.5, 0.6) is 0 Å². The van der Waals surface area contributed by atoms with Crippen LogP contribution in [0, 0.1) is 17.8 Å². The first-order chi connectivity index (χ1) is 10.4. The molecule has 0 spiro atoms. The molecule has 2 aliphatic rings. The SMILES string of the molecule is CC(=O)Nc1ccc(S(=O)(=O)NC[C@@H]2C[C@@H]3CC[C@@H]2C3)cc1. The second kappa shape index (κ2) is 6.01. The number of hydrogen-bond acceptors (Lipinski definition) is 3. The quantitative estimate of drug-likeness (QED) is 0.874. The van der Waals surface area contributed by atoms with E-state index in [0.29, 0.717) is 24.1 Å². The minimum Gasteiger partial charge on any atom is -0.326 e. The minimum absolute atomic E-state index is 0.176. The summed E-state index contributed by atoms with van der Waals surface area (Å²) in [5, 5.41) is 2.62. The predicted octanol–water partition coefficient (Wildman–Crippen LogP) is 2.36. The van der Waals surface area contributed by atoms with Crippen LogP contribution in [0.4, 0.5) is 5.69 Å². The Balaban J connectivity index is 1.61. The normalized spacial score (nSPS) is 27.0. The van der Waals surface area contributed by atoms with Crippen LogP contribution in [0.15, 0.2) is 29.2 Å². The van der Waals surface area contributed by atoms with Crippen molar-refractivity contribution in [1.82, 2.24) is 4.72 Å². The van der Waals surface area contributed by atoms with Crippen molar-refractivity contribution in [2.75, 3.05) is 11.9 Å². The number of nitrogens with one attached hydrogen (secondary N) is 2. The molecule has 0 radical (unpaired) electrons. The molecule has 5 nitrogen and oxygen atoms in total. The van der Waals surface area contributed by atoms with E-state index in [1.165, 1.54) is 38.3 Å². The summed E-state index contributed by atoms with van der Waals surface area (Å²) in [4.78, 5) is 11.2. The topological polar surface area (TPSA) is 75.3 Å². The van der Waals surface area contributed by atoms with Gasteiger partial charge in [-0.15, -0.1) is 0 Å². The summed E-state index contributed by atoms with van der Waals surface area (Å²) in [6, 6.07) is 6.25. The van der Waals surface area contributed by atoms with Crippen LogP contribution in [-0.2, 0) is 14.8 Å². The lowest BCUT2D eigenvalue weighted by atomic mass is 9.89. The number of sulfonamides is 1. The molecule has 1 aromatic carbocycles. The summed E-state index contributed by atoms with van der Waals surface area (Å²) in [7, 11) is -3.47. The van der Waals surface area contributed by atoms with Crippen LogP contribution in [0.2, 0.25) is 0 Å². The lowest BCUT2D eigenvalue weighted by Crippen LogP contribution is -2.31. The molecule has 2 aliphatic carbocycles. The largest absolute Gasteiger partial charge is 0.326 e. The Labute approximate surface area is 131 Å². The maximum absolute atomic E-state index is 12.3. The molecule has 0 saturated heterocycles. The Morgan fingerprint density at radius 1 is 1.18 bits per heavy atom. The van der Waals surface area contributed by atoms with Gasteiger partial charge in [0.2, 0.25) is 15.9 Å². The van der Waals surface area contributed by atoms with Crippen LogP contribution in [-0.4, -0.2) is 20.9 Å². The number of rotatable bonds is 5. The Bertz CT molecular complexity index is 654. The van der Waals surface area contributed by atoms with E-state index in [2.05, 4.69) is 10.0 Å². The molecule has 120 valence electrons. The van der Waals surface area contributed by atoms with Gasteiger partial charge in [0.15, 0.2) is 0 Å². The standard InChI is InChI=1S/C16H22N2O3S/c1-11(19)18-15-4-6-16(7-5-15)22(20,21)17-10-14-9-12-2-3-13(14)8-12/h4-7,12-14,17H,2-3,8-10H2,1H3,(H,18,19)/t12-,13-,14+/m1/s1. The molecule has 0 aromatic heterocycles. The Morgan fingerprint density at radius 3 is 2.45 bits per heavy atom. The van der Waals surface area contributed by atoms with Crippen molar-refractivity contribution in [3.8, 4) is 0 Å². The molecule has 3 rings (SSSR count).